The number of halogens is 1. The minimum atomic E-state index is -1.29. The Hall–Kier alpha value is -2.33. The van der Waals surface area contributed by atoms with Crippen LogP contribution in [0.25, 0.3) is 0 Å². The first kappa shape index (κ1) is 22.4. The fourth-order valence-corrected chi connectivity index (χ4v) is 4.65. The Labute approximate surface area is 198 Å². The third kappa shape index (κ3) is 4.11. The molecule has 0 aromatic heterocycles. The van der Waals surface area contributed by atoms with Crippen molar-refractivity contribution in [3.05, 3.63) is 121 Å². The Morgan fingerprint density at radius 1 is 0.467 bits per heavy atom. The van der Waals surface area contributed by atoms with Crippen LogP contribution in [0.5, 0.6) is 0 Å². The van der Waals surface area contributed by atoms with Gasteiger partial charge < -0.3 is 0 Å². The van der Waals surface area contributed by atoms with Gasteiger partial charge in [0, 0.05) is 0 Å². The summed E-state index contributed by atoms with van der Waals surface area (Å²) >= 11 is 0. The Bertz CT molecular complexity index is 971. The lowest BCUT2D eigenvalue weighted by atomic mass is 9.13. The molecule has 0 atom stereocenters. The number of hydrogen-bond acceptors (Lipinski definition) is 0. The lowest BCUT2D eigenvalue weighted by Gasteiger charge is -2.44. The summed E-state index contributed by atoms with van der Waals surface area (Å²) in [5.74, 6) is 0. The molecule has 30 heavy (non-hydrogen) atoms. The van der Waals surface area contributed by atoms with E-state index in [0.29, 0.717) is 0 Å². The molecule has 4 aromatic carbocycles. The molecule has 0 fully saturated rings. The van der Waals surface area contributed by atoms with Gasteiger partial charge in [0.25, 0.3) is 0 Å². The van der Waals surface area contributed by atoms with Crippen molar-refractivity contribution in [3.8, 4) is 0 Å². The monoisotopic (exact) mass is 504 g/mol. The van der Waals surface area contributed by atoms with E-state index >= 15 is 0 Å². The number of hydrogen-bond donors (Lipinski definition) is 0. The van der Waals surface area contributed by atoms with Crippen LogP contribution in [0.3, 0.4) is 0 Å². The van der Waals surface area contributed by atoms with Gasteiger partial charge in [0.1, 0.15) is 6.15 Å². The molecule has 0 aliphatic heterocycles. The average molecular weight is 504 g/mol. The molecule has 0 unspecified atom stereocenters. The minimum absolute atomic E-state index is 0. The van der Waals surface area contributed by atoms with E-state index in [9.17, 15) is 0 Å². The molecule has 4 aromatic rings. The van der Waals surface area contributed by atoms with Gasteiger partial charge in [0.2, 0.25) is 24.0 Å². The fourth-order valence-electron chi connectivity index (χ4n) is 4.65. The SMILES string of the molecule is CC(C)(C)c1cccc([B-](c2ccccc2)(c2ccccc2)c2ccccc2)c1.[IH2+]. The summed E-state index contributed by atoms with van der Waals surface area (Å²) < 4.78 is 0. The summed E-state index contributed by atoms with van der Waals surface area (Å²) in [7, 11) is 0. The summed E-state index contributed by atoms with van der Waals surface area (Å²) in [6.07, 6.45) is -1.29. The van der Waals surface area contributed by atoms with Crippen molar-refractivity contribution >= 4 is 28.0 Å². The number of benzene rings is 4. The van der Waals surface area contributed by atoms with Gasteiger partial charge in [-0.3, -0.25) is 0 Å². The van der Waals surface area contributed by atoms with Crippen LogP contribution in [0.2, 0.25) is 0 Å². The average Bonchev–Trinajstić information content (AvgIpc) is 2.76. The molecule has 0 saturated heterocycles. The summed E-state index contributed by atoms with van der Waals surface area (Å²) in [5.41, 5.74) is 6.86. The van der Waals surface area contributed by atoms with Crippen LogP contribution in [-0.4, -0.2) is 6.15 Å². The Morgan fingerprint density at radius 2 is 0.833 bits per heavy atom. The molecule has 152 valence electrons. The van der Waals surface area contributed by atoms with Gasteiger partial charge in [-0.15, -0.1) is 0 Å². The first-order chi connectivity index (χ1) is 14.0. The Kier molecular flexibility index (Phi) is 6.87. The smallest absolute Gasteiger partial charge is 0.195 e. The largest absolute Gasteiger partial charge is 0.235 e. The zero-order chi connectivity index (χ0) is 20.3. The molecule has 0 bridgehead atoms. The van der Waals surface area contributed by atoms with Crippen LogP contribution in [0.1, 0.15) is 26.3 Å². The van der Waals surface area contributed by atoms with Crippen molar-refractivity contribution in [1.29, 1.82) is 0 Å². The van der Waals surface area contributed by atoms with E-state index in [1.807, 2.05) is 0 Å². The van der Waals surface area contributed by atoms with Gasteiger partial charge in [-0.2, -0.15) is 21.9 Å². The lowest BCUT2D eigenvalue weighted by Crippen LogP contribution is -3.00. The van der Waals surface area contributed by atoms with Crippen molar-refractivity contribution < 1.29 is 24.0 Å². The summed E-state index contributed by atoms with van der Waals surface area (Å²) in [6.45, 7) is 6.86. The molecular weight excluding hydrogens is 474 g/mol. The predicted octanol–water partition coefficient (Wildman–Crippen LogP) is 0.830. The predicted molar refractivity (Wildman–Crippen MR) is 132 cm³/mol. The van der Waals surface area contributed by atoms with E-state index in [2.05, 4.69) is 136 Å². The van der Waals surface area contributed by atoms with Crippen LogP contribution in [0.15, 0.2) is 115 Å². The van der Waals surface area contributed by atoms with E-state index in [1.165, 1.54) is 27.4 Å². The zero-order valence-electron chi connectivity index (χ0n) is 18.0. The zero-order valence-corrected chi connectivity index (χ0v) is 20.5. The third-order valence-corrected chi connectivity index (χ3v) is 6.15. The molecule has 0 radical (unpaired) electrons. The molecule has 0 nitrogen and oxygen atoms in total. The number of rotatable bonds is 4. The van der Waals surface area contributed by atoms with Crippen LogP contribution in [0.4, 0.5) is 0 Å². The molecule has 0 spiro atoms. The quantitative estimate of drug-likeness (QED) is 0.286. The molecule has 0 heterocycles. The van der Waals surface area contributed by atoms with Crippen LogP contribution < -0.4 is 45.8 Å². The molecule has 0 saturated carbocycles. The van der Waals surface area contributed by atoms with Gasteiger partial charge in [-0.1, -0.05) is 136 Å². The summed E-state index contributed by atoms with van der Waals surface area (Å²) in [5, 5.41) is 0. The van der Waals surface area contributed by atoms with Gasteiger partial charge >= 0.3 is 0 Å². The highest BCUT2D eigenvalue weighted by Crippen LogP contribution is 2.22. The molecule has 0 N–H and O–H groups in total. The highest BCUT2D eigenvalue weighted by atomic mass is 127. The van der Waals surface area contributed by atoms with E-state index in [4.69, 9.17) is 0 Å². The normalized spacial score (nSPS) is 11.6. The minimum Gasteiger partial charge on any atom is -0.195 e. The molecule has 4 rings (SSSR count). The maximum atomic E-state index is 2.42. The summed E-state index contributed by atoms with van der Waals surface area (Å²) in [6, 6.07) is 42.2. The highest BCUT2D eigenvalue weighted by Gasteiger charge is 2.32. The molecule has 0 amide bonds. The second kappa shape index (κ2) is 9.22. The van der Waals surface area contributed by atoms with Crippen molar-refractivity contribution in [3.63, 3.8) is 0 Å². The van der Waals surface area contributed by atoms with Gasteiger partial charge in [0.05, 0.1) is 0 Å². The van der Waals surface area contributed by atoms with Crippen molar-refractivity contribution in [1.82, 2.24) is 0 Å². The topological polar surface area (TPSA) is 0 Å². The standard InChI is InChI=1S/C28H28B.H2I/c1-28(2,3)23-14-13-21-27(22-23)29(24-15-7-4-8-16-24,25-17-9-5-10-18-25)26-19-11-6-12-20-26;/h4-22H,1-3H3;1H2/q-1;+1. The van der Waals surface area contributed by atoms with Crippen molar-refractivity contribution in [2.45, 2.75) is 26.2 Å². The second-order valence-electron chi connectivity index (χ2n) is 8.97. The lowest BCUT2D eigenvalue weighted by molar-refractivity contribution is -0.00000605. The third-order valence-electron chi connectivity index (χ3n) is 6.15. The van der Waals surface area contributed by atoms with E-state index in [-0.39, 0.29) is 29.4 Å². The molecule has 0 aliphatic carbocycles. The Balaban J connectivity index is 0.00000256. The van der Waals surface area contributed by atoms with Crippen molar-refractivity contribution in [2.75, 3.05) is 0 Å². The second-order valence-corrected chi connectivity index (χ2v) is 8.97. The molecule has 0 aliphatic rings. The van der Waals surface area contributed by atoms with Crippen LogP contribution >= 0.6 is 0 Å². The fraction of sp³-hybridized carbons (Fsp3) is 0.143. The van der Waals surface area contributed by atoms with Crippen LogP contribution in [0, 0.1) is 0 Å². The van der Waals surface area contributed by atoms with Crippen LogP contribution in [-0.2, 0) is 5.41 Å². The van der Waals surface area contributed by atoms with Crippen molar-refractivity contribution in [2.24, 2.45) is 0 Å². The van der Waals surface area contributed by atoms with Gasteiger partial charge in [0.15, 0.2) is 0 Å². The van der Waals surface area contributed by atoms with E-state index in [0.717, 1.165) is 0 Å². The Morgan fingerprint density at radius 3 is 1.20 bits per heavy atom. The van der Waals surface area contributed by atoms with E-state index < -0.39 is 6.15 Å². The highest BCUT2D eigenvalue weighted by molar-refractivity contribution is 7.19. The first-order valence-corrected chi connectivity index (χ1v) is 10.5. The van der Waals surface area contributed by atoms with Gasteiger partial charge in [-0.05, 0) is 11.0 Å². The van der Waals surface area contributed by atoms with Gasteiger partial charge in [-0.25, -0.2) is 0 Å². The molecular formula is C28H30BI. The maximum absolute atomic E-state index is 2.42. The first-order valence-electron chi connectivity index (χ1n) is 10.5. The maximum Gasteiger partial charge on any atom is 0.235 e. The summed E-state index contributed by atoms with van der Waals surface area (Å²) in [4.78, 5) is 0. The molecule has 2 heteroatoms. The van der Waals surface area contributed by atoms with E-state index in [1.54, 1.807) is 0 Å².